The first-order valence-corrected chi connectivity index (χ1v) is 13.8. The molecule has 4 heterocycles. The van der Waals surface area contributed by atoms with Crippen molar-refractivity contribution in [2.75, 3.05) is 19.7 Å². The van der Waals surface area contributed by atoms with Crippen molar-refractivity contribution in [2.24, 2.45) is 5.92 Å². The molecule has 2 aromatic heterocycles. The number of halogens is 2. The van der Waals surface area contributed by atoms with Crippen LogP contribution in [0, 0.1) is 5.92 Å². The van der Waals surface area contributed by atoms with Crippen molar-refractivity contribution >= 4 is 44.8 Å². The number of carbonyl (C=O) groups is 2. The van der Waals surface area contributed by atoms with Crippen molar-refractivity contribution in [3.05, 3.63) is 72.1 Å². The maximum absolute atomic E-state index is 13.3. The van der Waals surface area contributed by atoms with E-state index >= 15 is 0 Å². The fourth-order valence-electron chi connectivity index (χ4n) is 6.45. The fraction of sp³-hybridized carbons (Fsp3) is 0.355. The van der Waals surface area contributed by atoms with Gasteiger partial charge in [-0.1, -0.05) is 36.4 Å². The van der Waals surface area contributed by atoms with Gasteiger partial charge in [-0.3, -0.25) is 14.9 Å². The van der Waals surface area contributed by atoms with Crippen LogP contribution in [0.4, 0.5) is 8.78 Å². The summed E-state index contributed by atoms with van der Waals surface area (Å²) in [7, 11) is 0. The molecule has 0 spiro atoms. The van der Waals surface area contributed by atoms with Crippen LogP contribution < -0.4 is 10.6 Å². The van der Waals surface area contributed by atoms with Gasteiger partial charge in [0.25, 0.3) is 11.8 Å². The van der Waals surface area contributed by atoms with E-state index in [1.807, 2.05) is 60.9 Å². The first-order valence-electron chi connectivity index (χ1n) is 13.8. The zero-order valence-corrected chi connectivity index (χ0v) is 22.0. The summed E-state index contributed by atoms with van der Waals surface area (Å²) in [5.74, 6) is -3.30. The number of para-hydroxylation sites is 2. The Hall–Kier alpha value is -3.82. The number of carbonyl (C=O) groups excluding carboxylic acids is 2. The number of fused-ring (bicyclic) bond motifs is 12. The molecular formula is C31H30F2N4O3. The molecule has 1 aliphatic carbocycles. The van der Waals surface area contributed by atoms with Crippen LogP contribution in [0.5, 0.6) is 0 Å². The third-order valence-corrected chi connectivity index (χ3v) is 8.40. The van der Waals surface area contributed by atoms with Crippen LogP contribution in [0.25, 0.3) is 33.0 Å². The zero-order chi connectivity index (χ0) is 27.4. The largest absolute Gasteiger partial charge is 0.375 e. The summed E-state index contributed by atoms with van der Waals surface area (Å²) in [6, 6.07) is 15.8. The van der Waals surface area contributed by atoms with Crippen molar-refractivity contribution in [3.8, 4) is 0 Å². The van der Waals surface area contributed by atoms with Gasteiger partial charge in [0, 0.05) is 77.8 Å². The van der Waals surface area contributed by atoms with Gasteiger partial charge in [0.15, 0.2) is 0 Å². The minimum atomic E-state index is -2.52. The second-order valence-electron chi connectivity index (χ2n) is 11.1. The van der Waals surface area contributed by atoms with Crippen molar-refractivity contribution in [1.29, 1.82) is 0 Å². The number of ether oxygens (including phenoxy) is 1. The molecule has 2 aromatic carbocycles. The van der Waals surface area contributed by atoms with Gasteiger partial charge in [0.05, 0.1) is 23.9 Å². The van der Waals surface area contributed by atoms with Crippen molar-refractivity contribution < 1.29 is 23.1 Å². The van der Waals surface area contributed by atoms with Gasteiger partial charge < -0.3 is 19.2 Å². The lowest BCUT2D eigenvalue weighted by molar-refractivity contribution is -0.122. The molecule has 2 amide bonds. The van der Waals surface area contributed by atoms with Gasteiger partial charge in [-0.2, -0.15) is 0 Å². The van der Waals surface area contributed by atoms with Crippen LogP contribution in [0.1, 0.15) is 30.4 Å². The number of aromatic nitrogens is 2. The van der Waals surface area contributed by atoms with Crippen LogP contribution in [-0.4, -0.2) is 52.7 Å². The molecule has 1 atom stereocenters. The van der Waals surface area contributed by atoms with Gasteiger partial charge in [-0.25, -0.2) is 8.78 Å². The predicted octanol–water partition coefficient (Wildman–Crippen LogP) is 4.59. The van der Waals surface area contributed by atoms with Crippen LogP contribution in [0.3, 0.4) is 0 Å². The third-order valence-electron chi connectivity index (χ3n) is 8.40. The van der Waals surface area contributed by atoms with E-state index in [-0.39, 0.29) is 30.8 Å². The van der Waals surface area contributed by atoms with E-state index < -0.39 is 11.8 Å². The van der Waals surface area contributed by atoms with Crippen LogP contribution in [-0.2, 0) is 27.4 Å². The zero-order valence-electron chi connectivity index (χ0n) is 22.0. The maximum Gasteiger partial charge on any atom is 0.259 e. The molecule has 7 nitrogen and oxygen atoms in total. The number of rotatable bonds is 4. The summed E-state index contributed by atoms with van der Waals surface area (Å²) in [4.78, 5) is 26.5. The van der Waals surface area contributed by atoms with Crippen LogP contribution in [0.15, 0.2) is 60.9 Å². The Bertz CT molecular complexity index is 1680. The van der Waals surface area contributed by atoms with Gasteiger partial charge in [-0.05, 0) is 31.0 Å². The summed E-state index contributed by atoms with van der Waals surface area (Å²) < 4.78 is 37.1. The minimum Gasteiger partial charge on any atom is -0.375 e. The lowest BCUT2D eigenvalue weighted by Gasteiger charge is -2.35. The Morgan fingerprint density at radius 2 is 1.43 bits per heavy atom. The van der Waals surface area contributed by atoms with E-state index in [0.717, 1.165) is 32.9 Å². The first-order chi connectivity index (χ1) is 19.4. The van der Waals surface area contributed by atoms with Gasteiger partial charge >= 0.3 is 0 Å². The second kappa shape index (κ2) is 9.67. The minimum absolute atomic E-state index is 0.00291. The molecule has 0 radical (unpaired) electrons. The molecule has 9 heteroatoms. The highest BCUT2D eigenvalue weighted by Gasteiger charge is 2.44. The number of nitrogens with zero attached hydrogens (tertiary/aromatic N) is 2. The smallest absolute Gasteiger partial charge is 0.259 e. The molecule has 7 rings (SSSR count). The van der Waals surface area contributed by atoms with E-state index in [2.05, 4.69) is 19.8 Å². The van der Waals surface area contributed by atoms with Crippen LogP contribution >= 0.6 is 0 Å². The molecule has 4 aromatic rings. The topological polar surface area (TPSA) is 77.3 Å². The predicted molar refractivity (Wildman–Crippen MR) is 149 cm³/mol. The van der Waals surface area contributed by atoms with Crippen molar-refractivity contribution in [3.63, 3.8) is 0 Å². The molecule has 0 saturated heterocycles. The molecule has 40 heavy (non-hydrogen) atoms. The van der Waals surface area contributed by atoms with E-state index in [4.69, 9.17) is 4.74 Å². The third kappa shape index (κ3) is 4.33. The SMILES string of the molecule is O=C1NC(=O)C2=C1c1cn(c3ccccc13)CCOC(CNCC1CC(F)(F)C1)CCn1cc2c2ccccc21. The average Bonchev–Trinajstić information content (AvgIpc) is 3.56. The molecule has 1 unspecified atom stereocenters. The summed E-state index contributed by atoms with van der Waals surface area (Å²) in [5, 5.41) is 7.71. The Labute approximate surface area is 229 Å². The molecule has 4 bridgehead atoms. The number of nitrogens with one attached hydrogen (secondary N) is 2. The molecule has 2 aliphatic heterocycles. The Morgan fingerprint density at radius 1 is 0.850 bits per heavy atom. The number of alkyl halides is 2. The highest BCUT2D eigenvalue weighted by atomic mass is 19.3. The molecular weight excluding hydrogens is 514 g/mol. The number of hydrogen-bond acceptors (Lipinski definition) is 4. The molecule has 2 N–H and O–H groups in total. The molecule has 3 aliphatic rings. The Kier molecular flexibility index (Phi) is 6.09. The van der Waals surface area contributed by atoms with E-state index in [1.165, 1.54) is 0 Å². The summed E-state index contributed by atoms with van der Waals surface area (Å²) in [6.45, 7) is 2.77. The number of benzene rings is 2. The van der Waals surface area contributed by atoms with E-state index in [9.17, 15) is 18.4 Å². The fourth-order valence-corrected chi connectivity index (χ4v) is 6.45. The second-order valence-corrected chi connectivity index (χ2v) is 11.1. The first kappa shape index (κ1) is 25.2. The lowest BCUT2D eigenvalue weighted by atomic mass is 9.81. The highest BCUT2D eigenvalue weighted by Crippen LogP contribution is 2.42. The van der Waals surface area contributed by atoms with Gasteiger partial charge in [0.2, 0.25) is 5.92 Å². The maximum atomic E-state index is 13.3. The van der Waals surface area contributed by atoms with Gasteiger partial charge in [-0.15, -0.1) is 0 Å². The molecule has 206 valence electrons. The monoisotopic (exact) mass is 544 g/mol. The number of hydrogen-bond donors (Lipinski definition) is 2. The Balaban J connectivity index is 1.29. The summed E-state index contributed by atoms with van der Waals surface area (Å²) >= 11 is 0. The summed E-state index contributed by atoms with van der Waals surface area (Å²) in [6.07, 6.45) is 4.36. The summed E-state index contributed by atoms with van der Waals surface area (Å²) in [5.41, 5.74) is 4.16. The highest BCUT2D eigenvalue weighted by molar-refractivity contribution is 6.50. The van der Waals surface area contributed by atoms with Gasteiger partial charge in [0.1, 0.15) is 0 Å². The lowest BCUT2D eigenvalue weighted by Crippen LogP contribution is -2.43. The standard InChI is InChI=1S/C31H30F2N4O3/c32-31(33)13-19(14-31)15-34-16-20-9-10-36-17-23(21-5-1-3-7-25(21)36)27-28(30(39)35-29(27)38)24-18-37(11-12-40-20)26-8-4-2-6-22(24)26/h1-8,17-20,34H,9-16H2,(H,35,38,39). The molecule has 1 saturated carbocycles. The number of aryl methyl sites for hydroxylation is 1. The normalized spacial score (nSPS) is 21.4. The van der Waals surface area contributed by atoms with Crippen molar-refractivity contribution in [2.45, 2.75) is 44.4 Å². The number of amides is 2. The van der Waals surface area contributed by atoms with E-state index in [1.54, 1.807) is 0 Å². The Morgan fingerprint density at radius 3 is 2.02 bits per heavy atom. The van der Waals surface area contributed by atoms with E-state index in [0.29, 0.717) is 50.4 Å². The van der Waals surface area contributed by atoms with Crippen LogP contribution in [0.2, 0.25) is 0 Å². The molecule has 1 fully saturated rings. The average molecular weight is 545 g/mol. The quantitative estimate of drug-likeness (QED) is 0.369. The van der Waals surface area contributed by atoms with Crippen molar-refractivity contribution in [1.82, 2.24) is 19.8 Å². The number of imide groups is 1.